The third-order valence-electron chi connectivity index (χ3n) is 2.86. The molecule has 3 nitrogen and oxygen atoms in total. The van der Waals surface area contributed by atoms with Gasteiger partial charge in [0.2, 0.25) is 0 Å². The first-order valence-electron chi connectivity index (χ1n) is 5.95. The molecule has 0 radical (unpaired) electrons. The van der Waals surface area contributed by atoms with Crippen molar-refractivity contribution in [2.45, 2.75) is 6.92 Å². The topological polar surface area (TPSA) is 21.7 Å². The number of rotatable bonds is 4. The Hall–Kier alpha value is -1.13. The normalized spacial score (nSPS) is 17.1. The van der Waals surface area contributed by atoms with Gasteiger partial charge in [0.05, 0.1) is 13.2 Å². The molecule has 1 saturated heterocycles. The van der Waals surface area contributed by atoms with E-state index in [0.29, 0.717) is 12.4 Å². The summed E-state index contributed by atoms with van der Waals surface area (Å²) in [7, 11) is 0. The van der Waals surface area contributed by atoms with Crippen molar-refractivity contribution in [2.75, 3.05) is 39.5 Å². The lowest BCUT2D eigenvalue weighted by atomic mass is 10.2. The van der Waals surface area contributed by atoms with E-state index in [0.717, 1.165) is 38.4 Å². The lowest BCUT2D eigenvalue weighted by Gasteiger charge is -2.26. The number of benzene rings is 1. The van der Waals surface area contributed by atoms with Crippen molar-refractivity contribution >= 4 is 0 Å². The quantitative estimate of drug-likeness (QED) is 0.800. The van der Waals surface area contributed by atoms with E-state index in [1.54, 1.807) is 12.1 Å². The highest BCUT2D eigenvalue weighted by molar-refractivity contribution is 5.29. The van der Waals surface area contributed by atoms with Crippen molar-refractivity contribution in [3.63, 3.8) is 0 Å². The van der Waals surface area contributed by atoms with Gasteiger partial charge in [-0.2, -0.15) is 0 Å². The molecule has 0 aliphatic carbocycles. The molecule has 1 heterocycles. The van der Waals surface area contributed by atoms with Gasteiger partial charge in [-0.1, -0.05) is 6.07 Å². The molecule has 0 unspecified atom stereocenters. The summed E-state index contributed by atoms with van der Waals surface area (Å²) in [6.45, 7) is 6.67. The fourth-order valence-corrected chi connectivity index (χ4v) is 1.83. The van der Waals surface area contributed by atoms with Crippen LogP contribution in [0.25, 0.3) is 0 Å². The Morgan fingerprint density at radius 1 is 1.35 bits per heavy atom. The van der Waals surface area contributed by atoms with Crippen LogP contribution in [0.15, 0.2) is 18.2 Å². The van der Waals surface area contributed by atoms with Crippen molar-refractivity contribution in [1.29, 1.82) is 0 Å². The fourth-order valence-electron chi connectivity index (χ4n) is 1.83. The summed E-state index contributed by atoms with van der Waals surface area (Å²) in [6.07, 6.45) is 0. The van der Waals surface area contributed by atoms with E-state index < -0.39 is 0 Å². The van der Waals surface area contributed by atoms with Crippen LogP contribution < -0.4 is 4.74 Å². The van der Waals surface area contributed by atoms with E-state index in [4.69, 9.17) is 9.47 Å². The summed E-state index contributed by atoms with van der Waals surface area (Å²) in [5, 5.41) is 0. The SMILES string of the molecule is Cc1ccc(F)c(OCCN2CCOCC2)c1. The van der Waals surface area contributed by atoms with Crippen LogP contribution >= 0.6 is 0 Å². The standard InChI is InChI=1S/C13H18FNO2/c1-11-2-3-12(14)13(10-11)17-9-6-15-4-7-16-8-5-15/h2-3,10H,4-9H2,1H3. The first kappa shape index (κ1) is 12.3. The molecule has 1 aromatic carbocycles. The van der Waals surface area contributed by atoms with Gasteiger partial charge in [0.25, 0.3) is 0 Å². The van der Waals surface area contributed by atoms with E-state index in [9.17, 15) is 4.39 Å². The largest absolute Gasteiger partial charge is 0.489 e. The van der Waals surface area contributed by atoms with Gasteiger partial charge in [-0.15, -0.1) is 0 Å². The Bertz CT molecular complexity index is 364. The molecule has 1 aliphatic rings. The number of ether oxygens (including phenoxy) is 2. The van der Waals surface area contributed by atoms with Crippen LogP contribution in [0.4, 0.5) is 4.39 Å². The van der Waals surface area contributed by atoms with Crippen LogP contribution in [-0.4, -0.2) is 44.4 Å². The molecular weight excluding hydrogens is 221 g/mol. The highest BCUT2D eigenvalue weighted by Gasteiger charge is 2.10. The Kier molecular flexibility index (Phi) is 4.34. The minimum Gasteiger partial charge on any atom is -0.489 e. The Morgan fingerprint density at radius 3 is 2.88 bits per heavy atom. The molecule has 0 bridgehead atoms. The predicted molar refractivity (Wildman–Crippen MR) is 63.9 cm³/mol. The molecule has 0 amide bonds. The van der Waals surface area contributed by atoms with Crippen LogP contribution in [0.2, 0.25) is 0 Å². The zero-order valence-corrected chi connectivity index (χ0v) is 10.1. The molecule has 0 aromatic heterocycles. The van der Waals surface area contributed by atoms with E-state index in [1.807, 2.05) is 6.92 Å². The molecule has 0 atom stereocenters. The summed E-state index contributed by atoms with van der Waals surface area (Å²) in [5.41, 5.74) is 1.01. The minimum atomic E-state index is -0.294. The summed E-state index contributed by atoms with van der Waals surface area (Å²) in [4.78, 5) is 2.26. The maximum Gasteiger partial charge on any atom is 0.165 e. The highest BCUT2D eigenvalue weighted by Crippen LogP contribution is 2.18. The average Bonchev–Trinajstić information content (AvgIpc) is 2.35. The number of hydrogen-bond acceptors (Lipinski definition) is 3. The van der Waals surface area contributed by atoms with Crippen LogP contribution in [0.3, 0.4) is 0 Å². The number of morpholine rings is 1. The third-order valence-corrected chi connectivity index (χ3v) is 2.86. The molecule has 0 N–H and O–H groups in total. The molecule has 1 aromatic rings. The number of hydrogen-bond donors (Lipinski definition) is 0. The van der Waals surface area contributed by atoms with Gasteiger partial charge in [-0.25, -0.2) is 4.39 Å². The van der Waals surface area contributed by atoms with Gasteiger partial charge in [0.15, 0.2) is 11.6 Å². The van der Waals surface area contributed by atoms with Crippen LogP contribution in [0.1, 0.15) is 5.56 Å². The molecule has 0 saturated carbocycles. The highest BCUT2D eigenvalue weighted by atomic mass is 19.1. The monoisotopic (exact) mass is 239 g/mol. The summed E-state index contributed by atoms with van der Waals surface area (Å²) >= 11 is 0. The minimum absolute atomic E-state index is 0.294. The first-order chi connectivity index (χ1) is 8.25. The maximum atomic E-state index is 13.4. The zero-order valence-electron chi connectivity index (χ0n) is 10.1. The van der Waals surface area contributed by atoms with Gasteiger partial charge in [-0.05, 0) is 24.6 Å². The van der Waals surface area contributed by atoms with Crippen molar-refractivity contribution in [3.05, 3.63) is 29.6 Å². The van der Waals surface area contributed by atoms with Gasteiger partial charge < -0.3 is 9.47 Å². The maximum absolute atomic E-state index is 13.4. The number of halogens is 1. The molecule has 2 rings (SSSR count). The zero-order chi connectivity index (χ0) is 12.1. The van der Waals surface area contributed by atoms with Crippen LogP contribution in [0.5, 0.6) is 5.75 Å². The average molecular weight is 239 g/mol. The summed E-state index contributed by atoms with van der Waals surface area (Å²) in [6, 6.07) is 4.91. The molecule has 94 valence electrons. The molecule has 0 spiro atoms. The second-order valence-electron chi connectivity index (χ2n) is 4.24. The van der Waals surface area contributed by atoms with Gasteiger partial charge in [0.1, 0.15) is 6.61 Å². The lowest BCUT2D eigenvalue weighted by Crippen LogP contribution is -2.38. The number of aryl methyl sites for hydroxylation is 1. The van der Waals surface area contributed by atoms with E-state index in [-0.39, 0.29) is 5.82 Å². The fraction of sp³-hybridized carbons (Fsp3) is 0.538. The van der Waals surface area contributed by atoms with Crippen LogP contribution in [0, 0.1) is 12.7 Å². The molecule has 17 heavy (non-hydrogen) atoms. The Morgan fingerprint density at radius 2 is 2.12 bits per heavy atom. The van der Waals surface area contributed by atoms with E-state index >= 15 is 0 Å². The second kappa shape index (κ2) is 5.98. The van der Waals surface area contributed by atoms with Gasteiger partial charge >= 0.3 is 0 Å². The summed E-state index contributed by atoms with van der Waals surface area (Å²) < 4.78 is 24.1. The number of nitrogens with zero attached hydrogens (tertiary/aromatic N) is 1. The molecule has 1 aliphatic heterocycles. The third kappa shape index (κ3) is 3.68. The van der Waals surface area contributed by atoms with Crippen LogP contribution in [-0.2, 0) is 4.74 Å². The van der Waals surface area contributed by atoms with E-state index in [1.165, 1.54) is 6.07 Å². The van der Waals surface area contributed by atoms with Crippen molar-refractivity contribution in [2.24, 2.45) is 0 Å². The van der Waals surface area contributed by atoms with E-state index in [2.05, 4.69) is 4.90 Å². The molecule has 4 heteroatoms. The molecular formula is C13H18FNO2. The van der Waals surface area contributed by atoms with Gasteiger partial charge in [0, 0.05) is 19.6 Å². The second-order valence-corrected chi connectivity index (χ2v) is 4.24. The van der Waals surface area contributed by atoms with Crippen molar-refractivity contribution < 1.29 is 13.9 Å². The van der Waals surface area contributed by atoms with Crippen molar-refractivity contribution in [1.82, 2.24) is 4.90 Å². The van der Waals surface area contributed by atoms with Crippen molar-refractivity contribution in [3.8, 4) is 5.75 Å². The summed E-state index contributed by atoms with van der Waals surface area (Å²) in [5.74, 6) is 0.0517. The Balaban J connectivity index is 1.79. The Labute approximate surface area is 101 Å². The first-order valence-corrected chi connectivity index (χ1v) is 5.95. The smallest absolute Gasteiger partial charge is 0.165 e. The lowest BCUT2D eigenvalue weighted by molar-refractivity contribution is 0.0320. The van der Waals surface area contributed by atoms with Gasteiger partial charge in [-0.3, -0.25) is 4.90 Å². The predicted octanol–water partition coefficient (Wildman–Crippen LogP) is 1.85. The molecule has 1 fully saturated rings.